The molecule has 0 spiro atoms. The Morgan fingerprint density at radius 3 is 2.19 bits per heavy atom. The van der Waals surface area contributed by atoms with Gasteiger partial charge in [0.25, 0.3) is 5.91 Å². The van der Waals surface area contributed by atoms with E-state index in [0.29, 0.717) is 11.1 Å². The van der Waals surface area contributed by atoms with Crippen LogP contribution in [0.25, 0.3) is 0 Å². The Labute approximate surface area is 158 Å². The molecule has 0 aliphatic rings. The van der Waals surface area contributed by atoms with Gasteiger partial charge < -0.3 is 10.0 Å². The monoisotopic (exact) mass is 390 g/mol. The molecular formula is C19H22N2O5S. The number of carbonyl (C=O) groups excluding carboxylic acids is 1. The van der Waals surface area contributed by atoms with Crippen molar-refractivity contribution in [3.63, 3.8) is 0 Å². The number of hydrogen-bond donors (Lipinski definition) is 2. The van der Waals surface area contributed by atoms with E-state index in [0.717, 1.165) is 5.56 Å². The molecule has 0 aliphatic heterocycles. The molecular weight excluding hydrogens is 368 g/mol. The third-order valence-electron chi connectivity index (χ3n) is 3.91. The molecule has 7 nitrogen and oxygen atoms in total. The first kappa shape index (κ1) is 20.6. The number of nitrogens with one attached hydrogen (secondary N) is 1. The van der Waals surface area contributed by atoms with Crippen LogP contribution < -0.4 is 4.72 Å². The van der Waals surface area contributed by atoms with Crippen molar-refractivity contribution < 1.29 is 23.1 Å². The van der Waals surface area contributed by atoms with E-state index in [9.17, 15) is 18.0 Å². The molecule has 0 atom stereocenters. The maximum atomic E-state index is 12.7. The predicted octanol–water partition coefficient (Wildman–Crippen LogP) is 1.85. The second kappa shape index (κ2) is 9.29. The first-order chi connectivity index (χ1) is 12.8. The molecule has 0 fully saturated rings. The normalized spacial score (nSPS) is 11.1. The second-order valence-corrected chi connectivity index (χ2v) is 8.06. The van der Waals surface area contributed by atoms with E-state index in [1.165, 1.54) is 4.90 Å². The van der Waals surface area contributed by atoms with Gasteiger partial charge in [-0.25, -0.2) is 13.1 Å². The van der Waals surface area contributed by atoms with Crippen LogP contribution in [0.5, 0.6) is 0 Å². The summed E-state index contributed by atoms with van der Waals surface area (Å²) in [6, 6.07) is 15.6. The fourth-order valence-electron chi connectivity index (χ4n) is 2.41. The maximum Gasteiger partial charge on any atom is 0.323 e. The Kier molecular flexibility index (Phi) is 7.09. The van der Waals surface area contributed by atoms with Crippen molar-refractivity contribution in [1.29, 1.82) is 0 Å². The van der Waals surface area contributed by atoms with Crippen molar-refractivity contribution in [3.8, 4) is 0 Å². The van der Waals surface area contributed by atoms with Crippen molar-refractivity contribution >= 4 is 21.9 Å². The summed E-state index contributed by atoms with van der Waals surface area (Å²) in [5, 5.41) is 9.11. The van der Waals surface area contributed by atoms with Crippen LogP contribution in [-0.4, -0.2) is 42.6 Å². The van der Waals surface area contributed by atoms with E-state index in [1.807, 2.05) is 30.3 Å². The van der Waals surface area contributed by atoms with Crippen LogP contribution in [-0.2, 0) is 27.9 Å². The van der Waals surface area contributed by atoms with Gasteiger partial charge in [0, 0.05) is 18.7 Å². The van der Waals surface area contributed by atoms with Gasteiger partial charge in [0.2, 0.25) is 10.0 Å². The topological polar surface area (TPSA) is 104 Å². The number of carboxylic acid groups (broad SMARTS) is 1. The van der Waals surface area contributed by atoms with Gasteiger partial charge in [-0.3, -0.25) is 9.59 Å². The van der Waals surface area contributed by atoms with E-state index >= 15 is 0 Å². The molecule has 0 aromatic heterocycles. The summed E-state index contributed by atoms with van der Waals surface area (Å²) in [5.41, 5.74) is 1.88. The fourth-order valence-corrected chi connectivity index (χ4v) is 3.00. The Morgan fingerprint density at radius 2 is 1.63 bits per heavy atom. The van der Waals surface area contributed by atoms with Crippen molar-refractivity contribution in [2.75, 3.05) is 12.3 Å². The van der Waals surface area contributed by atoms with Gasteiger partial charge in [-0.15, -0.1) is 0 Å². The average molecular weight is 390 g/mol. The zero-order valence-corrected chi connectivity index (χ0v) is 15.8. The molecule has 2 rings (SSSR count). The van der Waals surface area contributed by atoms with Crippen molar-refractivity contribution in [1.82, 2.24) is 9.62 Å². The van der Waals surface area contributed by atoms with Gasteiger partial charge in [0.05, 0.1) is 5.75 Å². The standard InChI is InChI=1S/C19H22N2O5S/c1-2-27(25,26)20-12-15-8-10-17(11-9-15)19(24)21(14-18(22)23)13-16-6-4-3-5-7-16/h3-11,20H,2,12-14H2,1H3,(H,22,23). The molecule has 144 valence electrons. The number of rotatable bonds is 9. The molecule has 0 aliphatic carbocycles. The number of nitrogens with zero attached hydrogens (tertiary/aromatic N) is 1. The van der Waals surface area contributed by atoms with Gasteiger partial charge >= 0.3 is 5.97 Å². The van der Waals surface area contributed by atoms with Crippen LogP contribution in [0, 0.1) is 0 Å². The second-order valence-electron chi connectivity index (χ2n) is 5.96. The molecule has 27 heavy (non-hydrogen) atoms. The molecule has 0 saturated heterocycles. The molecule has 2 aromatic carbocycles. The quantitative estimate of drug-likeness (QED) is 0.680. The summed E-state index contributed by atoms with van der Waals surface area (Å²) in [6.45, 7) is 1.46. The average Bonchev–Trinajstić information content (AvgIpc) is 2.66. The van der Waals surface area contributed by atoms with Gasteiger partial charge in [-0.2, -0.15) is 0 Å². The molecule has 0 unspecified atom stereocenters. The zero-order valence-electron chi connectivity index (χ0n) is 15.0. The third-order valence-corrected chi connectivity index (χ3v) is 5.25. The Balaban J connectivity index is 2.11. The number of benzene rings is 2. The highest BCUT2D eigenvalue weighted by molar-refractivity contribution is 7.89. The van der Waals surface area contributed by atoms with Gasteiger partial charge in [0.15, 0.2) is 0 Å². The molecule has 0 radical (unpaired) electrons. The summed E-state index contributed by atoms with van der Waals surface area (Å²) < 4.78 is 25.4. The Hall–Kier alpha value is -2.71. The van der Waals surface area contributed by atoms with Crippen LogP contribution in [0.4, 0.5) is 0 Å². The summed E-state index contributed by atoms with van der Waals surface area (Å²) in [4.78, 5) is 25.1. The molecule has 8 heteroatoms. The smallest absolute Gasteiger partial charge is 0.323 e. The van der Waals surface area contributed by atoms with E-state index < -0.39 is 28.4 Å². The number of hydrogen-bond acceptors (Lipinski definition) is 4. The molecule has 0 heterocycles. The van der Waals surface area contributed by atoms with Gasteiger partial charge in [0.1, 0.15) is 6.54 Å². The highest BCUT2D eigenvalue weighted by Crippen LogP contribution is 2.12. The van der Waals surface area contributed by atoms with Crippen LogP contribution in [0.1, 0.15) is 28.4 Å². The van der Waals surface area contributed by atoms with Gasteiger partial charge in [-0.1, -0.05) is 42.5 Å². The third kappa shape index (κ3) is 6.50. The van der Waals surface area contributed by atoms with E-state index in [1.54, 1.807) is 31.2 Å². The van der Waals surface area contributed by atoms with Crippen LogP contribution in [0.2, 0.25) is 0 Å². The number of carboxylic acids is 1. The SMILES string of the molecule is CCS(=O)(=O)NCc1ccc(C(=O)N(CC(=O)O)Cc2ccccc2)cc1. The lowest BCUT2D eigenvalue weighted by Crippen LogP contribution is -2.35. The maximum absolute atomic E-state index is 12.7. The summed E-state index contributed by atoms with van der Waals surface area (Å²) in [6.07, 6.45) is 0. The number of amides is 1. The lowest BCUT2D eigenvalue weighted by Gasteiger charge is -2.21. The van der Waals surface area contributed by atoms with Crippen LogP contribution in [0.3, 0.4) is 0 Å². The molecule has 2 aromatic rings. The van der Waals surface area contributed by atoms with E-state index in [4.69, 9.17) is 5.11 Å². The minimum absolute atomic E-state index is 0.00674. The number of carbonyl (C=O) groups is 2. The van der Waals surface area contributed by atoms with Crippen molar-refractivity contribution in [3.05, 3.63) is 71.3 Å². The Bertz CT molecular complexity index is 880. The summed E-state index contributed by atoms with van der Waals surface area (Å²) in [5.74, 6) is -1.50. The van der Waals surface area contributed by atoms with Crippen molar-refractivity contribution in [2.24, 2.45) is 0 Å². The largest absolute Gasteiger partial charge is 0.480 e. The lowest BCUT2D eigenvalue weighted by molar-refractivity contribution is -0.137. The van der Waals surface area contributed by atoms with Crippen LogP contribution in [0.15, 0.2) is 54.6 Å². The number of aliphatic carboxylic acids is 1. The molecule has 1 amide bonds. The minimum atomic E-state index is -3.30. The predicted molar refractivity (Wildman–Crippen MR) is 102 cm³/mol. The van der Waals surface area contributed by atoms with E-state index in [2.05, 4.69) is 4.72 Å². The first-order valence-corrected chi connectivity index (χ1v) is 10.1. The fraction of sp³-hybridized carbons (Fsp3) is 0.263. The lowest BCUT2D eigenvalue weighted by atomic mass is 10.1. The first-order valence-electron chi connectivity index (χ1n) is 8.42. The zero-order chi connectivity index (χ0) is 19.9. The van der Waals surface area contributed by atoms with E-state index in [-0.39, 0.29) is 18.8 Å². The highest BCUT2D eigenvalue weighted by atomic mass is 32.2. The van der Waals surface area contributed by atoms with Crippen LogP contribution >= 0.6 is 0 Å². The summed E-state index contributed by atoms with van der Waals surface area (Å²) >= 11 is 0. The Morgan fingerprint density at radius 1 is 1.00 bits per heavy atom. The van der Waals surface area contributed by atoms with Gasteiger partial charge in [-0.05, 0) is 30.2 Å². The molecule has 0 bridgehead atoms. The highest BCUT2D eigenvalue weighted by Gasteiger charge is 2.19. The molecule has 0 saturated carbocycles. The molecule has 2 N–H and O–H groups in total. The minimum Gasteiger partial charge on any atom is -0.480 e. The number of sulfonamides is 1. The van der Waals surface area contributed by atoms with Crippen molar-refractivity contribution in [2.45, 2.75) is 20.0 Å². The summed E-state index contributed by atoms with van der Waals surface area (Å²) in [7, 11) is -3.30.